The Morgan fingerprint density at radius 3 is 2.59 bits per heavy atom. The number of benzene rings is 1. The van der Waals surface area contributed by atoms with Crippen LogP contribution in [0.2, 0.25) is 0 Å². The van der Waals surface area contributed by atoms with Crippen molar-refractivity contribution in [3.8, 4) is 0 Å². The fourth-order valence-electron chi connectivity index (χ4n) is 3.49. The third-order valence-corrected chi connectivity index (χ3v) is 5.27. The van der Waals surface area contributed by atoms with Gasteiger partial charge in [-0.2, -0.15) is 13.2 Å². The maximum atomic E-state index is 13.8. The lowest BCUT2D eigenvalue weighted by Gasteiger charge is -2.46. The summed E-state index contributed by atoms with van der Waals surface area (Å²) in [7, 11) is 0. The molecule has 29 heavy (non-hydrogen) atoms. The first kappa shape index (κ1) is 19.7. The van der Waals surface area contributed by atoms with Gasteiger partial charge >= 0.3 is 18.4 Å². The topological polar surface area (TPSA) is 77.1 Å². The summed E-state index contributed by atoms with van der Waals surface area (Å²) in [5.41, 5.74) is -1.54. The first-order chi connectivity index (χ1) is 13.6. The molecule has 0 atom stereocenters. The first-order valence-corrected chi connectivity index (χ1v) is 9.01. The van der Waals surface area contributed by atoms with Gasteiger partial charge in [0, 0.05) is 18.4 Å². The van der Waals surface area contributed by atoms with E-state index in [0.29, 0.717) is 32.0 Å². The van der Waals surface area contributed by atoms with Crippen molar-refractivity contribution in [2.75, 3.05) is 19.7 Å². The molecule has 1 spiro atoms. The molecule has 2 heterocycles. The van der Waals surface area contributed by atoms with Crippen molar-refractivity contribution in [3.63, 3.8) is 0 Å². The second-order valence-electron chi connectivity index (χ2n) is 7.55. The number of nitrogens with zero attached hydrogens (tertiary/aromatic N) is 1. The Labute approximate surface area is 162 Å². The number of nitrogens with one attached hydrogen (secondary N) is 1. The van der Waals surface area contributed by atoms with Crippen molar-refractivity contribution >= 4 is 12.2 Å². The zero-order valence-electron chi connectivity index (χ0n) is 15.1. The standard InChI is InChI=1S/C18H18F4N2O5/c19-14-3-11(18(20,21)22)2-1-10(14)6-27-12-4-13(5-12)29-16(26)24-7-17(8-24)9-28-15(25)23-17/h1-3,12-13H,4-9H2,(H,23,25)/t12-,13-. The van der Waals surface area contributed by atoms with E-state index in [4.69, 9.17) is 14.2 Å². The van der Waals surface area contributed by atoms with Gasteiger partial charge in [0.1, 0.15) is 24.1 Å². The van der Waals surface area contributed by atoms with E-state index < -0.39 is 35.3 Å². The fourth-order valence-corrected chi connectivity index (χ4v) is 3.49. The van der Waals surface area contributed by atoms with Crippen LogP contribution in [0, 0.1) is 5.82 Å². The van der Waals surface area contributed by atoms with Crippen LogP contribution in [0.25, 0.3) is 0 Å². The molecule has 1 aliphatic carbocycles. The summed E-state index contributed by atoms with van der Waals surface area (Å²) >= 11 is 0. The molecule has 2 saturated heterocycles. The minimum absolute atomic E-state index is 0.0325. The Bertz CT molecular complexity index is 819. The number of hydrogen-bond acceptors (Lipinski definition) is 5. The zero-order chi connectivity index (χ0) is 20.8. The van der Waals surface area contributed by atoms with Gasteiger partial charge in [0.15, 0.2) is 0 Å². The Balaban J connectivity index is 1.17. The zero-order valence-corrected chi connectivity index (χ0v) is 15.1. The summed E-state index contributed by atoms with van der Waals surface area (Å²) in [6, 6.07) is 2.31. The van der Waals surface area contributed by atoms with E-state index >= 15 is 0 Å². The van der Waals surface area contributed by atoms with Gasteiger partial charge in [-0.1, -0.05) is 6.07 Å². The molecule has 2 aliphatic heterocycles. The van der Waals surface area contributed by atoms with Crippen LogP contribution in [0.15, 0.2) is 18.2 Å². The number of likely N-dealkylation sites (tertiary alicyclic amines) is 1. The fraction of sp³-hybridized carbons (Fsp3) is 0.556. The monoisotopic (exact) mass is 418 g/mol. The van der Waals surface area contributed by atoms with Crippen molar-refractivity contribution in [2.45, 2.75) is 43.4 Å². The van der Waals surface area contributed by atoms with Crippen LogP contribution in [0.1, 0.15) is 24.0 Å². The van der Waals surface area contributed by atoms with Gasteiger partial charge < -0.3 is 24.4 Å². The molecule has 11 heteroatoms. The minimum Gasteiger partial charge on any atom is -0.447 e. The van der Waals surface area contributed by atoms with E-state index in [1.54, 1.807) is 0 Å². The van der Waals surface area contributed by atoms with Crippen LogP contribution >= 0.6 is 0 Å². The molecular formula is C18H18F4N2O5. The SMILES string of the molecule is O=C1NC2(CO1)CN(C(=O)O[C@H]1C[C@H](OCc3ccc(C(F)(F)F)cc3F)C1)C2. The van der Waals surface area contributed by atoms with Crippen molar-refractivity contribution in [2.24, 2.45) is 0 Å². The molecule has 0 unspecified atom stereocenters. The number of amides is 2. The highest BCUT2D eigenvalue weighted by molar-refractivity contribution is 5.74. The molecular weight excluding hydrogens is 400 g/mol. The largest absolute Gasteiger partial charge is 0.447 e. The van der Waals surface area contributed by atoms with E-state index in [-0.39, 0.29) is 31.0 Å². The quantitative estimate of drug-likeness (QED) is 0.761. The summed E-state index contributed by atoms with van der Waals surface area (Å²) in [4.78, 5) is 24.6. The molecule has 0 aromatic heterocycles. The van der Waals surface area contributed by atoms with E-state index in [1.807, 2.05) is 0 Å². The Morgan fingerprint density at radius 1 is 1.28 bits per heavy atom. The highest BCUT2D eigenvalue weighted by atomic mass is 19.4. The highest BCUT2D eigenvalue weighted by Gasteiger charge is 2.52. The normalized spacial score (nSPS) is 25.1. The van der Waals surface area contributed by atoms with Crippen molar-refractivity contribution in [1.82, 2.24) is 10.2 Å². The van der Waals surface area contributed by atoms with Gasteiger partial charge in [-0.25, -0.2) is 14.0 Å². The molecule has 1 N–H and O–H groups in total. The van der Waals surface area contributed by atoms with E-state index in [2.05, 4.69) is 5.32 Å². The number of cyclic esters (lactones) is 1. The highest BCUT2D eigenvalue weighted by Crippen LogP contribution is 2.32. The van der Waals surface area contributed by atoms with Crippen LogP contribution in [-0.2, 0) is 27.0 Å². The van der Waals surface area contributed by atoms with E-state index in [0.717, 1.165) is 12.1 Å². The van der Waals surface area contributed by atoms with Gasteiger partial charge in [0.25, 0.3) is 0 Å². The summed E-state index contributed by atoms with van der Waals surface area (Å²) in [5.74, 6) is -0.975. The molecule has 1 aromatic rings. The Morgan fingerprint density at radius 2 is 2.00 bits per heavy atom. The lowest BCUT2D eigenvalue weighted by molar-refractivity contribution is -0.137. The second kappa shape index (κ2) is 7.05. The molecule has 158 valence electrons. The lowest BCUT2D eigenvalue weighted by atomic mass is 9.91. The third-order valence-electron chi connectivity index (χ3n) is 5.27. The molecule has 0 bridgehead atoms. The number of hydrogen-bond donors (Lipinski definition) is 1. The van der Waals surface area contributed by atoms with Crippen molar-refractivity contribution in [1.29, 1.82) is 0 Å². The second-order valence-corrected chi connectivity index (χ2v) is 7.55. The molecule has 0 radical (unpaired) electrons. The van der Waals surface area contributed by atoms with Gasteiger partial charge in [-0.05, 0) is 12.1 Å². The number of carbonyl (C=O) groups is 2. The van der Waals surface area contributed by atoms with E-state index in [1.165, 1.54) is 4.90 Å². The average Bonchev–Trinajstić information content (AvgIpc) is 2.97. The Kier molecular flexibility index (Phi) is 4.80. The molecule has 4 rings (SSSR count). The number of alkyl halides is 3. The molecule has 1 saturated carbocycles. The minimum atomic E-state index is -4.60. The van der Waals surface area contributed by atoms with Crippen LogP contribution < -0.4 is 5.32 Å². The predicted octanol–water partition coefficient (Wildman–Crippen LogP) is 2.82. The van der Waals surface area contributed by atoms with Gasteiger partial charge in [-0.15, -0.1) is 0 Å². The number of carbonyl (C=O) groups excluding carboxylic acids is 2. The molecule has 1 aromatic carbocycles. The first-order valence-electron chi connectivity index (χ1n) is 9.01. The average molecular weight is 418 g/mol. The number of halogens is 4. The van der Waals surface area contributed by atoms with Crippen molar-refractivity contribution < 1.29 is 41.4 Å². The van der Waals surface area contributed by atoms with E-state index in [9.17, 15) is 27.2 Å². The molecule has 2 amide bonds. The third kappa shape index (κ3) is 4.09. The summed E-state index contributed by atoms with van der Waals surface area (Å²) in [6.45, 7) is 0.688. The summed E-state index contributed by atoms with van der Waals surface area (Å²) in [6.07, 6.45) is -5.34. The van der Waals surface area contributed by atoms with Crippen LogP contribution in [0.4, 0.5) is 27.2 Å². The number of ether oxygens (including phenoxy) is 3. The van der Waals surface area contributed by atoms with Crippen LogP contribution in [0.3, 0.4) is 0 Å². The van der Waals surface area contributed by atoms with Gasteiger partial charge in [0.05, 0.1) is 31.4 Å². The number of alkyl carbamates (subject to hydrolysis) is 1. The summed E-state index contributed by atoms with van der Waals surface area (Å²) in [5, 5.41) is 2.66. The maximum Gasteiger partial charge on any atom is 0.416 e. The molecule has 7 nitrogen and oxygen atoms in total. The lowest BCUT2D eigenvalue weighted by Crippen LogP contribution is -2.70. The summed E-state index contributed by atoms with van der Waals surface area (Å²) < 4.78 is 67.1. The molecule has 3 fully saturated rings. The van der Waals surface area contributed by atoms with Crippen LogP contribution in [-0.4, -0.2) is 54.5 Å². The number of rotatable bonds is 4. The van der Waals surface area contributed by atoms with Crippen molar-refractivity contribution in [3.05, 3.63) is 35.1 Å². The Hall–Kier alpha value is -2.56. The predicted molar refractivity (Wildman–Crippen MR) is 88.3 cm³/mol. The van der Waals surface area contributed by atoms with Gasteiger partial charge in [-0.3, -0.25) is 0 Å². The van der Waals surface area contributed by atoms with Crippen LogP contribution in [0.5, 0.6) is 0 Å². The van der Waals surface area contributed by atoms with Gasteiger partial charge in [0.2, 0.25) is 0 Å². The maximum absolute atomic E-state index is 13.8. The smallest absolute Gasteiger partial charge is 0.416 e. The molecule has 3 aliphatic rings.